The number of rotatable bonds is 3. The summed E-state index contributed by atoms with van der Waals surface area (Å²) >= 11 is 0. The molecule has 0 N–H and O–H groups in total. The van der Waals surface area contributed by atoms with Crippen molar-refractivity contribution in [1.82, 2.24) is 0 Å². The topological polar surface area (TPSA) is 57.0 Å². The van der Waals surface area contributed by atoms with E-state index in [9.17, 15) is 9.59 Å². The molecule has 0 bridgehead atoms. The minimum atomic E-state index is -0.199. The Hall–Kier alpha value is -3.54. The number of amides is 2. The fourth-order valence-electron chi connectivity index (χ4n) is 5.04. The fraction of sp³-hybridized carbons (Fsp3) is 0.333. The molecule has 2 amide bonds. The highest BCUT2D eigenvalue weighted by Gasteiger charge is 2.35. The average Bonchev–Trinajstić information content (AvgIpc) is 3.38. The molecule has 3 aromatic rings. The van der Waals surface area contributed by atoms with Gasteiger partial charge in [0.1, 0.15) is 0 Å². The van der Waals surface area contributed by atoms with Crippen LogP contribution in [-0.4, -0.2) is 37.5 Å². The molecule has 2 aromatic carbocycles. The van der Waals surface area contributed by atoms with Crippen LogP contribution in [0.5, 0.6) is 0 Å². The van der Waals surface area contributed by atoms with Crippen molar-refractivity contribution in [2.24, 2.45) is 0 Å². The summed E-state index contributed by atoms with van der Waals surface area (Å²) in [5, 5.41) is 0. The maximum Gasteiger partial charge on any atom is 0.294 e. The third kappa shape index (κ3) is 4.01. The molecule has 1 atom stereocenters. The smallest absolute Gasteiger partial charge is 0.294 e. The summed E-state index contributed by atoms with van der Waals surface area (Å²) in [6, 6.07) is 17.8. The average molecular weight is 444 g/mol. The maximum atomic E-state index is 13.3. The first-order chi connectivity index (χ1) is 16.0. The van der Waals surface area contributed by atoms with Gasteiger partial charge in [-0.15, -0.1) is 0 Å². The largest absolute Gasteiger partial charge is 0.459 e. The summed E-state index contributed by atoms with van der Waals surface area (Å²) in [4.78, 5) is 31.7. The number of carbonyl (C=O) groups is 2. The van der Waals surface area contributed by atoms with E-state index in [2.05, 4.69) is 29.2 Å². The monoisotopic (exact) mass is 443 g/mol. The van der Waals surface area contributed by atoms with Crippen LogP contribution < -0.4 is 14.7 Å². The van der Waals surface area contributed by atoms with E-state index < -0.39 is 0 Å². The van der Waals surface area contributed by atoms with Gasteiger partial charge in [-0.05, 0) is 73.7 Å². The highest BCUT2D eigenvalue weighted by molar-refractivity contribution is 6.10. The van der Waals surface area contributed by atoms with Gasteiger partial charge in [-0.3, -0.25) is 9.59 Å². The van der Waals surface area contributed by atoms with E-state index in [4.69, 9.17) is 4.42 Å². The normalized spacial score (nSPS) is 18.2. The van der Waals surface area contributed by atoms with Gasteiger partial charge >= 0.3 is 0 Å². The van der Waals surface area contributed by atoms with Crippen molar-refractivity contribution in [2.75, 3.05) is 34.3 Å². The van der Waals surface area contributed by atoms with Crippen LogP contribution in [0.25, 0.3) is 11.1 Å². The molecule has 6 heteroatoms. The summed E-state index contributed by atoms with van der Waals surface area (Å²) < 4.78 is 5.39. The summed E-state index contributed by atoms with van der Waals surface area (Å²) in [5.74, 6) is 0.0612. The van der Waals surface area contributed by atoms with Crippen molar-refractivity contribution >= 4 is 28.9 Å². The SMILES string of the molecule is CC(=O)N1c2ccc(-c3cccc(N4CCCCC4)c3)cc2N(C(=O)c2ccco2)CC1C. The minimum Gasteiger partial charge on any atom is -0.459 e. The van der Waals surface area contributed by atoms with Gasteiger partial charge in [-0.1, -0.05) is 18.2 Å². The van der Waals surface area contributed by atoms with E-state index in [0.717, 1.165) is 35.6 Å². The number of furan rings is 1. The highest BCUT2D eigenvalue weighted by Crippen LogP contribution is 2.40. The van der Waals surface area contributed by atoms with Crippen molar-refractivity contribution in [2.45, 2.75) is 39.2 Å². The van der Waals surface area contributed by atoms with E-state index in [0.29, 0.717) is 12.3 Å². The standard InChI is InChI=1S/C27H29N3O3/c1-19-18-29(27(32)26-10-7-15-33-26)25-17-22(11-12-24(25)30(19)20(2)31)21-8-6-9-23(16-21)28-13-4-3-5-14-28/h6-12,15-17,19H,3-5,13-14,18H2,1-2H3. The molecule has 6 nitrogen and oxygen atoms in total. The second-order valence-electron chi connectivity index (χ2n) is 8.93. The van der Waals surface area contributed by atoms with Gasteiger partial charge in [0, 0.05) is 32.2 Å². The lowest BCUT2D eigenvalue weighted by Gasteiger charge is -2.40. The number of piperidine rings is 1. The van der Waals surface area contributed by atoms with Gasteiger partial charge in [0.2, 0.25) is 5.91 Å². The Morgan fingerprint density at radius 1 is 0.909 bits per heavy atom. The van der Waals surface area contributed by atoms with E-state index >= 15 is 0 Å². The van der Waals surface area contributed by atoms with Gasteiger partial charge in [-0.2, -0.15) is 0 Å². The maximum absolute atomic E-state index is 13.3. The van der Waals surface area contributed by atoms with Crippen molar-refractivity contribution in [3.63, 3.8) is 0 Å². The molecule has 1 aromatic heterocycles. The molecule has 2 aliphatic heterocycles. The van der Waals surface area contributed by atoms with Crippen molar-refractivity contribution in [3.8, 4) is 11.1 Å². The molecule has 1 fully saturated rings. The molecule has 33 heavy (non-hydrogen) atoms. The number of fused-ring (bicyclic) bond motifs is 1. The van der Waals surface area contributed by atoms with Crippen LogP contribution in [0.1, 0.15) is 43.7 Å². The van der Waals surface area contributed by atoms with Crippen molar-refractivity contribution < 1.29 is 14.0 Å². The van der Waals surface area contributed by atoms with Gasteiger partial charge in [0.05, 0.1) is 23.7 Å². The first-order valence-electron chi connectivity index (χ1n) is 11.7. The van der Waals surface area contributed by atoms with Crippen LogP contribution in [-0.2, 0) is 4.79 Å². The number of benzene rings is 2. The zero-order chi connectivity index (χ0) is 22.9. The number of hydrogen-bond donors (Lipinski definition) is 0. The van der Waals surface area contributed by atoms with E-state index in [1.165, 1.54) is 31.2 Å². The molecule has 0 saturated carbocycles. The molecule has 0 spiro atoms. The summed E-state index contributed by atoms with van der Waals surface area (Å²) in [7, 11) is 0. The minimum absolute atomic E-state index is 0.0336. The molecular weight excluding hydrogens is 414 g/mol. The zero-order valence-corrected chi connectivity index (χ0v) is 19.2. The van der Waals surface area contributed by atoms with Gasteiger partial charge in [0.15, 0.2) is 5.76 Å². The summed E-state index contributed by atoms with van der Waals surface area (Å²) in [6.45, 7) is 6.11. The Bertz CT molecular complexity index is 1170. The third-order valence-corrected chi connectivity index (χ3v) is 6.63. The van der Waals surface area contributed by atoms with Crippen LogP contribution in [0.2, 0.25) is 0 Å². The Labute approximate surface area is 194 Å². The lowest BCUT2D eigenvalue weighted by atomic mass is 9.99. The Morgan fingerprint density at radius 3 is 2.42 bits per heavy atom. The number of anilines is 3. The van der Waals surface area contributed by atoms with Crippen LogP contribution in [0.3, 0.4) is 0 Å². The highest BCUT2D eigenvalue weighted by atomic mass is 16.3. The lowest BCUT2D eigenvalue weighted by Crippen LogP contribution is -2.51. The summed E-state index contributed by atoms with van der Waals surface area (Å²) in [6.07, 6.45) is 5.26. The lowest BCUT2D eigenvalue weighted by molar-refractivity contribution is -0.117. The molecule has 0 aliphatic carbocycles. The van der Waals surface area contributed by atoms with Crippen LogP contribution >= 0.6 is 0 Å². The zero-order valence-electron chi connectivity index (χ0n) is 19.2. The molecule has 0 radical (unpaired) electrons. The van der Waals surface area contributed by atoms with Crippen molar-refractivity contribution in [3.05, 3.63) is 66.6 Å². The third-order valence-electron chi connectivity index (χ3n) is 6.63. The van der Waals surface area contributed by atoms with Crippen molar-refractivity contribution in [1.29, 1.82) is 0 Å². The van der Waals surface area contributed by atoms with E-state index in [-0.39, 0.29) is 17.9 Å². The van der Waals surface area contributed by atoms with Crippen LogP contribution in [0, 0.1) is 0 Å². The van der Waals surface area contributed by atoms with Crippen LogP contribution in [0.15, 0.2) is 65.3 Å². The van der Waals surface area contributed by atoms with E-state index in [1.54, 1.807) is 28.9 Å². The predicted molar refractivity (Wildman–Crippen MR) is 131 cm³/mol. The van der Waals surface area contributed by atoms with Gasteiger partial charge < -0.3 is 19.1 Å². The van der Waals surface area contributed by atoms with Gasteiger partial charge in [-0.25, -0.2) is 0 Å². The van der Waals surface area contributed by atoms with Gasteiger partial charge in [0.25, 0.3) is 5.91 Å². The molecule has 170 valence electrons. The Kier molecular flexibility index (Phi) is 5.67. The molecule has 5 rings (SSSR count). The first-order valence-corrected chi connectivity index (χ1v) is 11.7. The van der Waals surface area contributed by atoms with Crippen LogP contribution in [0.4, 0.5) is 17.1 Å². The predicted octanol–water partition coefficient (Wildman–Crippen LogP) is 5.34. The molecule has 2 aliphatic rings. The fourth-order valence-corrected chi connectivity index (χ4v) is 5.04. The molecule has 3 heterocycles. The number of hydrogen-bond acceptors (Lipinski definition) is 4. The number of nitrogens with zero attached hydrogens (tertiary/aromatic N) is 3. The summed E-state index contributed by atoms with van der Waals surface area (Å²) in [5.41, 5.74) is 4.82. The second-order valence-corrected chi connectivity index (χ2v) is 8.93. The molecular formula is C27H29N3O3. The van der Waals surface area contributed by atoms with E-state index in [1.807, 2.05) is 25.1 Å². The number of carbonyl (C=O) groups excluding carboxylic acids is 2. The first kappa shape index (κ1) is 21.3. The Morgan fingerprint density at radius 2 is 1.70 bits per heavy atom. The quantitative estimate of drug-likeness (QED) is 0.548. The second kappa shape index (κ2) is 8.77. The molecule has 1 unspecified atom stereocenters. The molecule has 1 saturated heterocycles. The Balaban J connectivity index is 1.56.